The molecule has 4 aromatic rings. The molecule has 30 heavy (non-hydrogen) atoms. The standard InChI is InChI=1S/C24H27N3O3/c1-17(2)27-13-11-18-20(6-4-8-22(18)27)25-24(28)16-30-23-9-5-7-21-19(23)10-12-26(21)14-15-29-3/h4-13,17H,14-16H2,1-3H3,(H,25,28). The first-order valence-corrected chi connectivity index (χ1v) is 10.2. The lowest BCUT2D eigenvalue weighted by atomic mass is 10.2. The zero-order valence-electron chi connectivity index (χ0n) is 17.6. The number of anilines is 1. The Morgan fingerprint density at radius 3 is 2.57 bits per heavy atom. The lowest BCUT2D eigenvalue weighted by molar-refractivity contribution is -0.118. The van der Waals surface area contributed by atoms with Gasteiger partial charge in [0.1, 0.15) is 5.75 Å². The van der Waals surface area contributed by atoms with Gasteiger partial charge < -0.3 is 23.9 Å². The van der Waals surface area contributed by atoms with Crippen LogP contribution in [0.25, 0.3) is 21.8 Å². The summed E-state index contributed by atoms with van der Waals surface area (Å²) in [5.74, 6) is 0.513. The van der Waals surface area contributed by atoms with Crippen LogP contribution in [0.4, 0.5) is 5.69 Å². The number of benzene rings is 2. The number of nitrogens with zero attached hydrogens (tertiary/aromatic N) is 2. The number of carbonyl (C=O) groups excluding carboxylic acids is 1. The topological polar surface area (TPSA) is 57.4 Å². The largest absolute Gasteiger partial charge is 0.483 e. The Morgan fingerprint density at radius 1 is 1.00 bits per heavy atom. The first-order valence-electron chi connectivity index (χ1n) is 10.2. The van der Waals surface area contributed by atoms with Crippen LogP contribution in [0.15, 0.2) is 60.9 Å². The lowest BCUT2D eigenvalue weighted by Crippen LogP contribution is -2.20. The van der Waals surface area contributed by atoms with E-state index in [0.717, 1.165) is 34.0 Å². The summed E-state index contributed by atoms with van der Waals surface area (Å²) < 4.78 is 15.3. The number of hydrogen-bond acceptors (Lipinski definition) is 3. The van der Waals surface area contributed by atoms with Crippen LogP contribution in [0.3, 0.4) is 0 Å². The van der Waals surface area contributed by atoms with Gasteiger partial charge >= 0.3 is 0 Å². The minimum absolute atomic E-state index is 0.0519. The van der Waals surface area contributed by atoms with Gasteiger partial charge in [0.2, 0.25) is 0 Å². The Labute approximate surface area is 176 Å². The molecule has 1 amide bonds. The minimum atomic E-state index is -0.185. The summed E-state index contributed by atoms with van der Waals surface area (Å²) >= 11 is 0. The monoisotopic (exact) mass is 405 g/mol. The molecule has 0 aliphatic rings. The van der Waals surface area contributed by atoms with Crippen LogP contribution in [-0.4, -0.2) is 35.4 Å². The van der Waals surface area contributed by atoms with Crippen molar-refractivity contribution in [2.75, 3.05) is 25.6 Å². The number of nitrogens with one attached hydrogen (secondary N) is 1. The molecule has 0 aliphatic heterocycles. The summed E-state index contributed by atoms with van der Waals surface area (Å²) in [5.41, 5.74) is 2.96. The number of hydrogen-bond donors (Lipinski definition) is 1. The predicted molar refractivity (Wildman–Crippen MR) is 120 cm³/mol. The Morgan fingerprint density at radius 2 is 1.77 bits per heavy atom. The van der Waals surface area contributed by atoms with Crippen LogP contribution in [0.1, 0.15) is 19.9 Å². The molecule has 0 saturated carbocycles. The average molecular weight is 405 g/mol. The van der Waals surface area contributed by atoms with Crippen molar-refractivity contribution in [1.29, 1.82) is 0 Å². The highest BCUT2D eigenvalue weighted by Crippen LogP contribution is 2.28. The van der Waals surface area contributed by atoms with Gasteiger partial charge in [0, 0.05) is 42.9 Å². The smallest absolute Gasteiger partial charge is 0.262 e. The fourth-order valence-electron chi connectivity index (χ4n) is 3.78. The molecule has 156 valence electrons. The highest BCUT2D eigenvalue weighted by atomic mass is 16.5. The Kier molecular flexibility index (Phi) is 5.77. The SMILES string of the molecule is COCCn1ccc2c(OCC(=O)Nc3cccc4c3ccn4C(C)C)cccc21. The van der Waals surface area contributed by atoms with E-state index in [-0.39, 0.29) is 12.5 Å². The van der Waals surface area contributed by atoms with Crippen LogP contribution in [0.2, 0.25) is 0 Å². The van der Waals surface area contributed by atoms with Gasteiger partial charge in [-0.15, -0.1) is 0 Å². The first kappa shape index (κ1) is 20.0. The second kappa shape index (κ2) is 8.63. The minimum Gasteiger partial charge on any atom is -0.483 e. The van der Waals surface area contributed by atoms with Crippen molar-refractivity contribution in [1.82, 2.24) is 9.13 Å². The highest BCUT2D eigenvalue weighted by Gasteiger charge is 2.12. The Hall–Kier alpha value is -3.25. The van der Waals surface area contributed by atoms with E-state index in [1.807, 2.05) is 48.7 Å². The second-order valence-corrected chi connectivity index (χ2v) is 7.58. The molecule has 2 aromatic heterocycles. The quantitative estimate of drug-likeness (QED) is 0.456. The molecule has 6 nitrogen and oxygen atoms in total. The molecule has 0 bridgehead atoms. The van der Waals surface area contributed by atoms with Crippen molar-refractivity contribution in [3.8, 4) is 5.75 Å². The fraction of sp³-hybridized carbons (Fsp3) is 0.292. The van der Waals surface area contributed by atoms with Gasteiger partial charge in [-0.2, -0.15) is 0 Å². The number of fused-ring (bicyclic) bond motifs is 2. The Balaban J connectivity index is 1.47. The van der Waals surface area contributed by atoms with E-state index in [1.54, 1.807) is 7.11 Å². The average Bonchev–Trinajstić information content (AvgIpc) is 3.36. The molecule has 2 aromatic carbocycles. The van der Waals surface area contributed by atoms with E-state index in [0.29, 0.717) is 18.4 Å². The molecule has 6 heteroatoms. The van der Waals surface area contributed by atoms with Gasteiger partial charge in [-0.25, -0.2) is 0 Å². The maximum atomic E-state index is 12.6. The van der Waals surface area contributed by atoms with E-state index in [4.69, 9.17) is 9.47 Å². The van der Waals surface area contributed by atoms with Crippen molar-refractivity contribution in [2.24, 2.45) is 0 Å². The van der Waals surface area contributed by atoms with Crippen molar-refractivity contribution in [2.45, 2.75) is 26.4 Å². The molecule has 0 saturated heterocycles. The summed E-state index contributed by atoms with van der Waals surface area (Å²) in [5, 5.41) is 5.00. The van der Waals surface area contributed by atoms with Crippen molar-refractivity contribution in [3.63, 3.8) is 0 Å². The molecule has 0 atom stereocenters. The number of rotatable bonds is 8. The molecular formula is C24H27N3O3. The zero-order valence-corrected chi connectivity index (χ0v) is 17.6. The van der Waals surface area contributed by atoms with E-state index >= 15 is 0 Å². The molecule has 0 radical (unpaired) electrons. The number of amides is 1. The van der Waals surface area contributed by atoms with Crippen molar-refractivity contribution >= 4 is 33.4 Å². The van der Waals surface area contributed by atoms with Gasteiger partial charge in [-0.1, -0.05) is 12.1 Å². The molecule has 1 N–H and O–H groups in total. The van der Waals surface area contributed by atoms with Crippen LogP contribution in [0.5, 0.6) is 5.75 Å². The van der Waals surface area contributed by atoms with Gasteiger partial charge in [0.15, 0.2) is 6.61 Å². The van der Waals surface area contributed by atoms with Crippen LogP contribution in [0, 0.1) is 0 Å². The third-order valence-corrected chi connectivity index (χ3v) is 5.26. The van der Waals surface area contributed by atoms with Gasteiger partial charge in [-0.3, -0.25) is 4.79 Å². The summed E-state index contributed by atoms with van der Waals surface area (Å²) in [7, 11) is 1.69. The maximum absolute atomic E-state index is 12.6. The number of ether oxygens (including phenoxy) is 2. The molecule has 4 rings (SSSR count). The Bertz CT molecular complexity index is 1170. The fourth-order valence-corrected chi connectivity index (χ4v) is 3.78. The summed E-state index contributed by atoms with van der Waals surface area (Å²) in [6.07, 6.45) is 4.06. The van der Waals surface area contributed by atoms with Crippen LogP contribution < -0.4 is 10.1 Å². The third kappa shape index (κ3) is 3.91. The second-order valence-electron chi connectivity index (χ2n) is 7.58. The highest BCUT2D eigenvalue weighted by molar-refractivity contribution is 6.02. The number of carbonyl (C=O) groups is 1. The maximum Gasteiger partial charge on any atom is 0.262 e. The predicted octanol–water partition coefficient (Wildman–Crippen LogP) is 4.84. The summed E-state index contributed by atoms with van der Waals surface area (Å²) in [6.45, 7) is 5.64. The van der Waals surface area contributed by atoms with E-state index < -0.39 is 0 Å². The molecular weight excluding hydrogens is 378 g/mol. The molecule has 2 heterocycles. The number of methoxy groups -OCH3 is 1. The first-order chi connectivity index (χ1) is 14.6. The van der Waals surface area contributed by atoms with E-state index in [1.165, 1.54) is 0 Å². The van der Waals surface area contributed by atoms with Crippen LogP contribution in [-0.2, 0) is 16.1 Å². The molecule has 0 unspecified atom stereocenters. The summed E-state index contributed by atoms with van der Waals surface area (Å²) in [6, 6.07) is 16.2. The molecule has 0 spiro atoms. The van der Waals surface area contributed by atoms with Gasteiger partial charge in [0.25, 0.3) is 5.91 Å². The third-order valence-electron chi connectivity index (χ3n) is 5.26. The van der Waals surface area contributed by atoms with Crippen molar-refractivity contribution < 1.29 is 14.3 Å². The van der Waals surface area contributed by atoms with Gasteiger partial charge in [-0.05, 0) is 50.2 Å². The lowest BCUT2D eigenvalue weighted by Gasteiger charge is -2.12. The van der Waals surface area contributed by atoms with Crippen LogP contribution >= 0.6 is 0 Å². The van der Waals surface area contributed by atoms with Gasteiger partial charge in [0.05, 0.1) is 23.3 Å². The summed E-state index contributed by atoms with van der Waals surface area (Å²) in [4.78, 5) is 12.6. The zero-order chi connectivity index (χ0) is 21.1. The normalized spacial score (nSPS) is 11.5. The van der Waals surface area contributed by atoms with E-state index in [2.05, 4.69) is 40.6 Å². The van der Waals surface area contributed by atoms with E-state index in [9.17, 15) is 4.79 Å². The molecule has 0 aliphatic carbocycles. The van der Waals surface area contributed by atoms with Crippen molar-refractivity contribution in [3.05, 3.63) is 60.9 Å². The molecule has 0 fully saturated rings. The number of aromatic nitrogens is 2.